The molecule has 0 aliphatic heterocycles. The van der Waals surface area contributed by atoms with E-state index < -0.39 is 0 Å². The van der Waals surface area contributed by atoms with Crippen LogP contribution in [-0.2, 0) is 5.54 Å². The average molecular weight is 189 g/mol. The molecule has 0 spiro atoms. The summed E-state index contributed by atoms with van der Waals surface area (Å²) in [6.45, 7) is 2.20. The highest BCUT2D eigenvalue weighted by Crippen LogP contribution is 2.42. The monoisotopic (exact) mass is 189 g/mol. The van der Waals surface area contributed by atoms with Gasteiger partial charge in [0, 0.05) is 5.54 Å². The summed E-state index contributed by atoms with van der Waals surface area (Å²) in [6.07, 6.45) is 5.01. The first-order valence-electron chi connectivity index (χ1n) is 5.62. The summed E-state index contributed by atoms with van der Waals surface area (Å²) >= 11 is 0. The standard InChI is InChI=1S/C13H19N/c1-2-13(14,12-9-6-10-12)11-7-4-3-5-8-11/h3-5,7-8,12H,2,6,9-10,14H2,1H3. The van der Waals surface area contributed by atoms with Crippen molar-refractivity contribution in [3.05, 3.63) is 35.9 Å². The predicted molar refractivity (Wildman–Crippen MR) is 59.9 cm³/mol. The number of nitrogens with two attached hydrogens (primary N) is 1. The van der Waals surface area contributed by atoms with Crippen LogP contribution < -0.4 is 5.73 Å². The van der Waals surface area contributed by atoms with Gasteiger partial charge in [-0.1, -0.05) is 43.7 Å². The van der Waals surface area contributed by atoms with Gasteiger partial charge in [-0.3, -0.25) is 0 Å². The Kier molecular flexibility index (Phi) is 2.60. The molecule has 1 unspecified atom stereocenters. The molecular weight excluding hydrogens is 170 g/mol. The van der Waals surface area contributed by atoms with Crippen molar-refractivity contribution in [3.63, 3.8) is 0 Å². The SMILES string of the molecule is CCC(N)(c1ccccc1)C1CCC1. The number of benzene rings is 1. The van der Waals surface area contributed by atoms with Gasteiger partial charge in [0.05, 0.1) is 0 Å². The topological polar surface area (TPSA) is 26.0 Å². The van der Waals surface area contributed by atoms with Crippen molar-refractivity contribution in [2.45, 2.75) is 38.1 Å². The number of hydrogen-bond acceptors (Lipinski definition) is 1. The zero-order valence-electron chi connectivity index (χ0n) is 8.87. The predicted octanol–water partition coefficient (Wildman–Crippen LogP) is 3.05. The highest BCUT2D eigenvalue weighted by atomic mass is 14.8. The summed E-state index contributed by atoms with van der Waals surface area (Å²) in [4.78, 5) is 0. The maximum Gasteiger partial charge on any atom is 0.0435 e. The molecule has 2 rings (SSSR count). The molecule has 0 amide bonds. The Morgan fingerprint density at radius 2 is 1.93 bits per heavy atom. The smallest absolute Gasteiger partial charge is 0.0435 e. The van der Waals surface area contributed by atoms with Crippen LogP contribution in [0.1, 0.15) is 38.2 Å². The highest BCUT2D eigenvalue weighted by molar-refractivity contribution is 5.25. The Balaban J connectivity index is 2.27. The molecule has 1 nitrogen and oxygen atoms in total. The van der Waals surface area contributed by atoms with Crippen LogP contribution in [0.4, 0.5) is 0 Å². The molecular formula is C13H19N. The van der Waals surface area contributed by atoms with E-state index in [2.05, 4.69) is 37.3 Å². The second-order valence-corrected chi connectivity index (χ2v) is 4.39. The second-order valence-electron chi connectivity index (χ2n) is 4.39. The molecule has 1 fully saturated rings. The summed E-state index contributed by atoms with van der Waals surface area (Å²) in [5.41, 5.74) is 7.77. The van der Waals surface area contributed by atoms with E-state index in [1.54, 1.807) is 0 Å². The van der Waals surface area contributed by atoms with Gasteiger partial charge in [0.25, 0.3) is 0 Å². The normalized spacial score (nSPS) is 21.3. The zero-order valence-corrected chi connectivity index (χ0v) is 8.87. The van der Waals surface area contributed by atoms with Crippen LogP contribution >= 0.6 is 0 Å². The van der Waals surface area contributed by atoms with Crippen molar-refractivity contribution in [2.75, 3.05) is 0 Å². The van der Waals surface area contributed by atoms with Gasteiger partial charge in [-0.2, -0.15) is 0 Å². The first kappa shape index (κ1) is 9.72. The van der Waals surface area contributed by atoms with E-state index in [1.807, 2.05) is 0 Å². The molecule has 0 bridgehead atoms. The molecule has 76 valence electrons. The molecule has 1 atom stereocenters. The molecule has 1 aromatic carbocycles. The second kappa shape index (κ2) is 3.74. The van der Waals surface area contributed by atoms with Crippen molar-refractivity contribution in [1.82, 2.24) is 0 Å². The fourth-order valence-corrected chi connectivity index (χ4v) is 2.40. The maximum absolute atomic E-state index is 6.52. The average Bonchev–Trinajstić information content (AvgIpc) is 2.16. The lowest BCUT2D eigenvalue weighted by atomic mass is 9.67. The first-order valence-corrected chi connectivity index (χ1v) is 5.62. The molecule has 0 heterocycles. The molecule has 0 radical (unpaired) electrons. The van der Waals surface area contributed by atoms with E-state index in [0.29, 0.717) is 5.92 Å². The lowest BCUT2D eigenvalue weighted by Gasteiger charge is -2.42. The highest BCUT2D eigenvalue weighted by Gasteiger charge is 2.38. The fraction of sp³-hybridized carbons (Fsp3) is 0.538. The molecule has 1 heteroatoms. The van der Waals surface area contributed by atoms with Crippen molar-refractivity contribution >= 4 is 0 Å². The van der Waals surface area contributed by atoms with Crippen LogP contribution in [0.25, 0.3) is 0 Å². The fourth-order valence-electron chi connectivity index (χ4n) is 2.40. The van der Waals surface area contributed by atoms with E-state index in [-0.39, 0.29) is 5.54 Å². The molecule has 1 aliphatic carbocycles. The van der Waals surface area contributed by atoms with E-state index in [1.165, 1.54) is 24.8 Å². The Labute approximate surface area is 86.3 Å². The van der Waals surface area contributed by atoms with Gasteiger partial charge in [-0.15, -0.1) is 0 Å². The molecule has 1 aliphatic rings. The minimum Gasteiger partial charge on any atom is -0.321 e. The van der Waals surface area contributed by atoms with Gasteiger partial charge in [0.2, 0.25) is 0 Å². The Morgan fingerprint density at radius 3 is 2.36 bits per heavy atom. The van der Waals surface area contributed by atoms with Crippen LogP contribution in [-0.4, -0.2) is 0 Å². The minimum absolute atomic E-state index is 0.0699. The third-order valence-electron chi connectivity index (χ3n) is 3.73. The van der Waals surface area contributed by atoms with Gasteiger partial charge < -0.3 is 5.73 Å². The Bertz CT molecular complexity index is 289. The van der Waals surface area contributed by atoms with Crippen molar-refractivity contribution in [1.29, 1.82) is 0 Å². The van der Waals surface area contributed by atoms with Crippen molar-refractivity contribution in [3.8, 4) is 0 Å². The maximum atomic E-state index is 6.52. The molecule has 14 heavy (non-hydrogen) atoms. The summed E-state index contributed by atoms with van der Waals surface area (Å²) < 4.78 is 0. The quantitative estimate of drug-likeness (QED) is 0.777. The first-order chi connectivity index (χ1) is 6.77. The summed E-state index contributed by atoms with van der Waals surface area (Å²) in [6, 6.07) is 10.6. The van der Waals surface area contributed by atoms with Crippen LogP contribution in [0.15, 0.2) is 30.3 Å². The van der Waals surface area contributed by atoms with Gasteiger partial charge in [0.1, 0.15) is 0 Å². The Hall–Kier alpha value is -0.820. The van der Waals surface area contributed by atoms with Crippen molar-refractivity contribution < 1.29 is 0 Å². The molecule has 0 aromatic heterocycles. The van der Waals surface area contributed by atoms with Gasteiger partial charge in [0.15, 0.2) is 0 Å². The third-order valence-corrected chi connectivity index (χ3v) is 3.73. The summed E-state index contributed by atoms with van der Waals surface area (Å²) in [5.74, 6) is 0.704. The van der Waals surface area contributed by atoms with Crippen LogP contribution in [0, 0.1) is 5.92 Å². The third kappa shape index (κ3) is 1.46. The Morgan fingerprint density at radius 1 is 1.29 bits per heavy atom. The van der Waals surface area contributed by atoms with E-state index in [9.17, 15) is 0 Å². The lowest BCUT2D eigenvalue weighted by Crippen LogP contribution is -2.46. The number of hydrogen-bond donors (Lipinski definition) is 1. The molecule has 2 N–H and O–H groups in total. The molecule has 0 saturated heterocycles. The van der Waals surface area contributed by atoms with Crippen LogP contribution in [0.5, 0.6) is 0 Å². The largest absolute Gasteiger partial charge is 0.321 e. The van der Waals surface area contributed by atoms with E-state index in [0.717, 1.165) is 6.42 Å². The molecule has 1 saturated carbocycles. The summed E-state index contributed by atoms with van der Waals surface area (Å²) in [7, 11) is 0. The van der Waals surface area contributed by atoms with Gasteiger partial charge in [-0.25, -0.2) is 0 Å². The number of rotatable bonds is 3. The van der Waals surface area contributed by atoms with Crippen molar-refractivity contribution in [2.24, 2.45) is 11.7 Å². The zero-order chi connectivity index (χ0) is 10.0. The summed E-state index contributed by atoms with van der Waals surface area (Å²) in [5, 5.41) is 0. The van der Waals surface area contributed by atoms with Gasteiger partial charge >= 0.3 is 0 Å². The van der Waals surface area contributed by atoms with Crippen LogP contribution in [0.2, 0.25) is 0 Å². The minimum atomic E-state index is -0.0699. The lowest BCUT2D eigenvalue weighted by molar-refractivity contribution is 0.161. The van der Waals surface area contributed by atoms with E-state index in [4.69, 9.17) is 5.73 Å². The van der Waals surface area contributed by atoms with Gasteiger partial charge in [-0.05, 0) is 30.7 Å². The van der Waals surface area contributed by atoms with Crippen LogP contribution in [0.3, 0.4) is 0 Å². The molecule has 1 aromatic rings. The van der Waals surface area contributed by atoms with E-state index >= 15 is 0 Å².